The van der Waals surface area contributed by atoms with Crippen LogP contribution in [-0.4, -0.2) is 50.8 Å². The molecule has 0 rings (SSSR count). The lowest BCUT2D eigenvalue weighted by atomic mass is 9.74. The molecule has 0 aromatic rings. The Morgan fingerprint density at radius 1 is 0.903 bits per heavy atom. The maximum absolute atomic E-state index is 12.0. The molecular weight excluding hydrogens is 392 g/mol. The number of ether oxygens (including phenoxy) is 2. The van der Waals surface area contributed by atoms with Crippen molar-refractivity contribution in [2.75, 3.05) is 33.4 Å². The predicted molar refractivity (Wildman–Crippen MR) is 134 cm³/mol. The average Bonchev–Trinajstić information content (AvgIpc) is 2.68. The van der Waals surface area contributed by atoms with Gasteiger partial charge in [-0.3, -0.25) is 4.79 Å². The fraction of sp³-hybridized carbons (Fsp3) is 0.920. The molecule has 0 spiro atoms. The summed E-state index contributed by atoms with van der Waals surface area (Å²) in [4.78, 5) is 23.3. The van der Waals surface area contributed by atoms with Crippen molar-refractivity contribution in [1.82, 2.24) is 10.6 Å². The van der Waals surface area contributed by atoms with Gasteiger partial charge in [-0.1, -0.05) is 68.7 Å². The van der Waals surface area contributed by atoms with E-state index in [-0.39, 0.29) is 23.0 Å². The minimum Gasteiger partial charge on any atom is -0.354 e. The molecule has 0 aliphatic rings. The molecule has 1 amide bonds. The Labute approximate surface area is 194 Å². The molecule has 31 heavy (non-hydrogen) atoms. The SMILES string of the molecule is CC.CC.CCC.CNCCOC(C)(C)OCCNC(=O)CC(C)C(C)(C)CC(C)=O. The third-order valence-corrected chi connectivity index (χ3v) is 4.21. The first-order chi connectivity index (χ1) is 14.4. The second-order valence-electron chi connectivity index (χ2n) is 8.23. The number of hydrogen-bond donors (Lipinski definition) is 2. The normalized spacial score (nSPS) is 11.5. The number of rotatable bonds is 13. The van der Waals surface area contributed by atoms with E-state index in [4.69, 9.17) is 9.47 Å². The van der Waals surface area contributed by atoms with E-state index in [1.54, 1.807) is 6.92 Å². The monoisotopic (exact) mass is 448 g/mol. The van der Waals surface area contributed by atoms with Crippen molar-refractivity contribution in [3.63, 3.8) is 0 Å². The fourth-order valence-electron chi connectivity index (χ4n) is 2.37. The third-order valence-electron chi connectivity index (χ3n) is 4.21. The van der Waals surface area contributed by atoms with E-state index < -0.39 is 5.79 Å². The zero-order valence-electron chi connectivity index (χ0n) is 23.2. The number of hydrogen-bond acceptors (Lipinski definition) is 5. The number of nitrogens with one attached hydrogen (secondary N) is 2. The van der Waals surface area contributed by atoms with Crippen molar-refractivity contribution in [2.45, 2.75) is 108 Å². The van der Waals surface area contributed by atoms with Crippen molar-refractivity contribution >= 4 is 11.7 Å². The van der Waals surface area contributed by atoms with Gasteiger partial charge in [-0.25, -0.2) is 0 Å². The molecule has 0 saturated heterocycles. The van der Waals surface area contributed by atoms with Crippen LogP contribution in [0.5, 0.6) is 0 Å². The molecule has 0 aliphatic heterocycles. The molecule has 6 heteroatoms. The summed E-state index contributed by atoms with van der Waals surface area (Å²) < 4.78 is 11.2. The van der Waals surface area contributed by atoms with Crippen molar-refractivity contribution in [2.24, 2.45) is 11.3 Å². The number of amides is 1. The van der Waals surface area contributed by atoms with Gasteiger partial charge in [0.05, 0.1) is 13.2 Å². The average molecular weight is 449 g/mol. The summed E-state index contributed by atoms with van der Waals surface area (Å²) in [6, 6.07) is 0. The Hall–Kier alpha value is -0.980. The highest BCUT2D eigenvalue weighted by Crippen LogP contribution is 2.32. The number of carbonyl (C=O) groups is 2. The lowest BCUT2D eigenvalue weighted by molar-refractivity contribution is -0.211. The fourth-order valence-corrected chi connectivity index (χ4v) is 2.37. The first-order valence-electron chi connectivity index (χ1n) is 12.1. The standard InChI is InChI=1S/C18H36N2O4.C3H8.2C2H6/c1-14(17(3,4)13-15(2)21)12-16(22)20-9-11-24-18(5,6)23-10-8-19-7;1-3-2;2*1-2/h14,19H,8-13H2,1-7H3,(H,20,22);3H2,1-2H3;2*1-2H3. The van der Waals surface area contributed by atoms with Gasteiger partial charge in [0, 0.05) is 25.9 Å². The van der Waals surface area contributed by atoms with Gasteiger partial charge < -0.3 is 24.9 Å². The lowest BCUT2D eigenvalue weighted by Crippen LogP contribution is -2.36. The van der Waals surface area contributed by atoms with Gasteiger partial charge in [0.25, 0.3) is 0 Å². The van der Waals surface area contributed by atoms with Gasteiger partial charge in [0.15, 0.2) is 5.79 Å². The largest absolute Gasteiger partial charge is 0.354 e. The van der Waals surface area contributed by atoms with Crippen molar-refractivity contribution < 1.29 is 19.1 Å². The molecule has 2 N–H and O–H groups in total. The van der Waals surface area contributed by atoms with Crippen LogP contribution in [0.1, 0.15) is 102 Å². The van der Waals surface area contributed by atoms with E-state index in [0.717, 1.165) is 6.54 Å². The molecule has 0 bridgehead atoms. The van der Waals surface area contributed by atoms with Gasteiger partial charge in [-0.2, -0.15) is 0 Å². The minimum absolute atomic E-state index is 0.0170. The maximum atomic E-state index is 12.0. The Morgan fingerprint density at radius 2 is 1.32 bits per heavy atom. The number of likely N-dealkylation sites (N-methyl/N-ethyl adjacent to an activating group) is 1. The van der Waals surface area contributed by atoms with Crippen LogP contribution >= 0.6 is 0 Å². The molecule has 190 valence electrons. The van der Waals surface area contributed by atoms with Crippen LogP contribution in [0.15, 0.2) is 0 Å². The smallest absolute Gasteiger partial charge is 0.220 e. The Bertz CT molecular complexity index is 410. The van der Waals surface area contributed by atoms with E-state index >= 15 is 0 Å². The van der Waals surface area contributed by atoms with Gasteiger partial charge in [-0.05, 0) is 39.2 Å². The zero-order valence-corrected chi connectivity index (χ0v) is 23.2. The highest BCUT2D eigenvalue weighted by Gasteiger charge is 2.29. The highest BCUT2D eigenvalue weighted by atomic mass is 16.7. The number of Topliss-reactive ketones (excluding diaryl/α,β-unsaturated/α-hetero) is 1. The molecule has 0 aliphatic carbocycles. The first kappa shape index (κ1) is 37.3. The van der Waals surface area contributed by atoms with Crippen molar-refractivity contribution in [1.29, 1.82) is 0 Å². The third kappa shape index (κ3) is 27.0. The summed E-state index contributed by atoms with van der Waals surface area (Å²) in [5.74, 6) is -0.403. The molecule has 0 heterocycles. The summed E-state index contributed by atoms with van der Waals surface area (Å²) in [6.07, 6.45) is 2.14. The molecule has 0 aromatic heterocycles. The molecule has 1 unspecified atom stereocenters. The molecule has 0 radical (unpaired) electrons. The van der Waals surface area contributed by atoms with E-state index in [1.165, 1.54) is 6.42 Å². The van der Waals surface area contributed by atoms with Crippen LogP contribution < -0.4 is 10.6 Å². The quantitative estimate of drug-likeness (QED) is 0.284. The molecule has 1 atom stereocenters. The van der Waals surface area contributed by atoms with E-state index in [9.17, 15) is 9.59 Å². The molecule has 0 aromatic carbocycles. The first-order valence-corrected chi connectivity index (χ1v) is 12.1. The lowest BCUT2D eigenvalue weighted by Gasteiger charge is -2.30. The van der Waals surface area contributed by atoms with E-state index in [2.05, 4.69) is 24.5 Å². The van der Waals surface area contributed by atoms with Crippen molar-refractivity contribution in [3.05, 3.63) is 0 Å². The zero-order chi connectivity index (χ0) is 25.5. The van der Waals surface area contributed by atoms with Gasteiger partial charge in [0.2, 0.25) is 5.91 Å². The Morgan fingerprint density at radius 3 is 1.71 bits per heavy atom. The van der Waals surface area contributed by atoms with Crippen LogP contribution in [0.4, 0.5) is 0 Å². The van der Waals surface area contributed by atoms with E-state index in [1.807, 2.05) is 69.4 Å². The van der Waals surface area contributed by atoms with Crippen LogP contribution in [0.25, 0.3) is 0 Å². The molecular formula is C25H56N2O4. The van der Waals surface area contributed by atoms with Crippen molar-refractivity contribution in [3.8, 4) is 0 Å². The summed E-state index contributed by atoms with van der Waals surface area (Å²) in [5.41, 5.74) is -0.178. The topological polar surface area (TPSA) is 76.7 Å². The van der Waals surface area contributed by atoms with Crippen LogP contribution in [0.2, 0.25) is 0 Å². The predicted octanol–water partition coefficient (Wildman–Crippen LogP) is 5.59. The van der Waals surface area contributed by atoms with Crippen LogP contribution in [0.3, 0.4) is 0 Å². The molecule has 0 fully saturated rings. The van der Waals surface area contributed by atoms with Gasteiger partial charge in [-0.15, -0.1) is 0 Å². The van der Waals surface area contributed by atoms with Gasteiger partial charge in [0.1, 0.15) is 5.78 Å². The number of carbonyl (C=O) groups excluding carboxylic acids is 2. The van der Waals surface area contributed by atoms with Crippen LogP contribution in [0, 0.1) is 11.3 Å². The van der Waals surface area contributed by atoms with Gasteiger partial charge >= 0.3 is 0 Å². The summed E-state index contributed by atoms with van der Waals surface area (Å²) in [6.45, 7) is 25.8. The summed E-state index contributed by atoms with van der Waals surface area (Å²) >= 11 is 0. The summed E-state index contributed by atoms with van der Waals surface area (Å²) in [5, 5.41) is 5.87. The molecule has 0 saturated carbocycles. The number of ketones is 1. The second kappa shape index (κ2) is 23.7. The Kier molecular flexibility index (Phi) is 28.5. The Balaban J connectivity index is -0.000000463. The van der Waals surface area contributed by atoms with E-state index in [0.29, 0.717) is 32.6 Å². The highest BCUT2D eigenvalue weighted by molar-refractivity contribution is 5.77. The summed E-state index contributed by atoms with van der Waals surface area (Å²) in [7, 11) is 1.87. The van der Waals surface area contributed by atoms with Crippen LogP contribution in [-0.2, 0) is 19.1 Å². The maximum Gasteiger partial charge on any atom is 0.220 e. The second-order valence-corrected chi connectivity index (χ2v) is 8.23. The molecule has 6 nitrogen and oxygen atoms in total. The minimum atomic E-state index is -0.668.